The van der Waals surface area contributed by atoms with Crippen LogP contribution in [0.2, 0.25) is 5.02 Å². The van der Waals surface area contributed by atoms with Crippen molar-refractivity contribution in [3.8, 4) is 0 Å². The van der Waals surface area contributed by atoms with Gasteiger partial charge in [-0.1, -0.05) is 23.7 Å². The van der Waals surface area contributed by atoms with Gasteiger partial charge in [0.25, 0.3) is 0 Å². The molecule has 1 aromatic rings. The number of piperidine rings is 1. The highest BCUT2D eigenvalue weighted by Crippen LogP contribution is 2.28. The van der Waals surface area contributed by atoms with Gasteiger partial charge in [-0.05, 0) is 37.8 Å². The van der Waals surface area contributed by atoms with Crippen LogP contribution in [0.1, 0.15) is 19.8 Å². The standard InChI is InChI=1S/C13H19ClN2O2S/c1-10(15)11-5-4-8-16(9-11)19(17,18)13-7-3-2-6-12(13)14/h2-3,6-7,10-11H,4-5,8-9,15H2,1H3/t10-,11+/m0/s1. The fourth-order valence-corrected chi connectivity index (χ4v) is 4.44. The van der Waals surface area contributed by atoms with Crippen LogP contribution in [0.25, 0.3) is 0 Å². The van der Waals surface area contributed by atoms with Gasteiger partial charge in [-0.15, -0.1) is 0 Å². The molecule has 0 bridgehead atoms. The highest BCUT2D eigenvalue weighted by atomic mass is 35.5. The lowest BCUT2D eigenvalue weighted by atomic mass is 9.93. The van der Waals surface area contributed by atoms with Crippen LogP contribution in [0.3, 0.4) is 0 Å². The fourth-order valence-electron chi connectivity index (χ4n) is 2.41. The lowest BCUT2D eigenvalue weighted by Gasteiger charge is -2.33. The molecule has 0 aliphatic carbocycles. The van der Waals surface area contributed by atoms with E-state index in [1.807, 2.05) is 6.92 Å². The molecule has 0 spiro atoms. The second kappa shape index (κ2) is 5.79. The summed E-state index contributed by atoms with van der Waals surface area (Å²) in [7, 11) is -3.51. The number of benzene rings is 1. The smallest absolute Gasteiger partial charge is 0.244 e. The number of hydrogen-bond acceptors (Lipinski definition) is 3. The molecule has 2 rings (SSSR count). The van der Waals surface area contributed by atoms with E-state index >= 15 is 0 Å². The van der Waals surface area contributed by atoms with Crippen LogP contribution in [-0.4, -0.2) is 31.9 Å². The maximum atomic E-state index is 12.6. The van der Waals surface area contributed by atoms with Crippen LogP contribution in [-0.2, 0) is 10.0 Å². The van der Waals surface area contributed by atoms with Gasteiger partial charge in [0.2, 0.25) is 10.0 Å². The highest BCUT2D eigenvalue weighted by molar-refractivity contribution is 7.89. The molecule has 1 saturated heterocycles. The van der Waals surface area contributed by atoms with Crippen molar-refractivity contribution in [1.82, 2.24) is 4.31 Å². The molecule has 0 unspecified atom stereocenters. The zero-order valence-electron chi connectivity index (χ0n) is 10.9. The molecule has 4 nitrogen and oxygen atoms in total. The van der Waals surface area contributed by atoms with Gasteiger partial charge >= 0.3 is 0 Å². The van der Waals surface area contributed by atoms with E-state index in [1.165, 1.54) is 4.31 Å². The van der Waals surface area contributed by atoms with Gasteiger partial charge in [-0.2, -0.15) is 4.31 Å². The molecule has 6 heteroatoms. The van der Waals surface area contributed by atoms with E-state index in [0.29, 0.717) is 13.1 Å². The number of halogens is 1. The number of nitrogens with zero attached hydrogens (tertiary/aromatic N) is 1. The zero-order chi connectivity index (χ0) is 14.0. The van der Waals surface area contributed by atoms with E-state index in [2.05, 4.69) is 0 Å². The first kappa shape index (κ1) is 14.8. The molecule has 19 heavy (non-hydrogen) atoms. The first-order valence-electron chi connectivity index (χ1n) is 6.43. The number of hydrogen-bond donors (Lipinski definition) is 1. The number of rotatable bonds is 3. The Kier molecular flexibility index (Phi) is 4.50. The van der Waals surface area contributed by atoms with Crippen LogP contribution in [0.15, 0.2) is 29.2 Å². The van der Waals surface area contributed by atoms with E-state index in [9.17, 15) is 8.42 Å². The summed E-state index contributed by atoms with van der Waals surface area (Å²) in [6, 6.07) is 6.56. The minimum Gasteiger partial charge on any atom is -0.328 e. The molecular weight excluding hydrogens is 284 g/mol. The minimum atomic E-state index is -3.51. The average Bonchev–Trinajstić information content (AvgIpc) is 2.39. The van der Waals surface area contributed by atoms with Crippen LogP contribution in [0.5, 0.6) is 0 Å². The predicted molar refractivity (Wildman–Crippen MR) is 76.6 cm³/mol. The number of nitrogens with two attached hydrogens (primary N) is 1. The normalized spacial score (nSPS) is 23.2. The quantitative estimate of drug-likeness (QED) is 0.930. The molecular formula is C13H19ClN2O2S. The van der Waals surface area contributed by atoms with Crippen molar-refractivity contribution >= 4 is 21.6 Å². The fraction of sp³-hybridized carbons (Fsp3) is 0.538. The third kappa shape index (κ3) is 3.11. The molecule has 1 aliphatic rings. The van der Waals surface area contributed by atoms with Gasteiger partial charge in [0, 0.05) is 19.1 Å². The van der Waals surface area contributed by atoms with Crippen molar-refractivity contribution < 1.29 is 8.42 Å². The van der Waals surface area contributed by atoms with Crippen LogP contribution < -0.4 is 5.73 Å². The monoisotopic (exact) mass is 302 g/mol. The van der Waals surface area contributed by atoms with Gasteiger partial charge < -0.3 is 5.73 Å². The second-order valence-electron chi connectivity index (χ2n) is 5.05. The molecule has 106 valence electrons. The largest absolute Gasteiger partial charge is 0.328 e. The van der Waals surface area contributed by atoms with Gasteiger partial charge in [-0.25, -0.2) is 8.42 Å². The predicted octanol–water partition coefficient (Wildman–Crippen LogP) is 2.09. The first-order chi connectivity index (χ1) is 8.93. The Morgan fingerprint density at radius 1 is 1.42 bits per heavy atom. The van der Waals surface area contributed by atoms with Gasteiger partial charge in [-0.3, -0.25) is 0 Å². The summed E-state index contributed by atoms with van der Waals surface area (Å²) < 4.78 is 26.7. The molecule has 1 aromatic carbocycles. The minimum absolute atomic E-state index is 0.00393. The first-order valence-corrected chi connectivity index (χ1v) is 8.25. The molecule has 0 radical (unpaired) electrons. The van der Waals surface area contributed by atoms with Crippen LogP contribution >= 0.6 is 11.6 Å². The maximum Gasteiger partial charge on any atom is 0.244 e. The van der Waals surface area contributed by atoms with E-state index < -0.39 is 10.0 Å². The second-order valence-corrected chi connectivity index (χ2v) is 7.37. The average molecular weight is 303 g/mol. The third-order valence-corrected chi connectivity index (χ3v) is 5.98. The summed E-state index contributed by atoms with van der Waals surface area (Å²) >= 11 is 6.00. The Bertz CT molecular complexity index is 545. The molecule has 0 aromatic heterocycles. The summed E-state index contributed by atoms with van der Waals surface area (Å²) in [5.74, 6) is 0.214. The molecule has 2 N–H and O–H groups in total. The van der Waals surface area contributed by atoms with Crippen molar-refractivity contribution in [2.45, 2.75) is 30.7 Å². The van der Waals surface area contributed by atoms with Crippen molar-refractivity contribution in [2.24, 2.45) is 11.7 Å². The molecule has 0 saturated carbocycles. The van der Waals surface area contributed by atoms with E-state index in [1.54, 1.807) is 24.3 Å². The Hall–Kier alpha value is -0.620. The Balaban J connectivity index is 2.28. The summed E-state index contributed by atoms with van der Waals surface area (Å²) in [5.41, 5.74) is 5.89. The summed E-state index contributed by atoms with van der Waals surface area (Å²) in [4.78, 5) is 0.182. The van der Waals surface area contributed by atoms with Gasteiger partial charge in [0.05, 0.1) is 5.02 Å². The summed E-state index contributed by atoms with van der Waals surface area (Å²) in [5, 5.41) is 0.269. The van der Waals surface area contributed by atoms with Crippen molar-refractivity contribution in [3.05, 3.63) is 29.3 Å². The van der Waals surface area contributed by atoms with E-state index in [4.69, 9.17) is 17.3 Å². The van der Waals surface area contributed by atoms with Crippen LogP contribution in [0.4, 0.5) is 0 Å². The maximum absolute atomic E-state index is 12.6. The molecule has 1 aliphatic heterocycles. The Labute approximate surface area is 119 Å². The zero-order valence-corrected chi connectivity index (χ0v) is 12.5. The Morgan fingerprint density at radius 3 is 2.74 bits per heavy atom. The summed E-state index contributed by atoms with van der Waals surface area (Å²) in [6.07, 6.45) is 1.82. The molecule has 2 atom stereocenters. The summed E-state index contributed by atoms with van der Waals surface area (Å²) in [6.45, 7) is 2.94. The van der Waals surface area contributed by atoms with E-state index in [-0.39, 0.29) is 21.9 Å². The van der Waals surface area contributed by atoms with Crippen molar-refractivity contribution in [3.63, 3.8) is 0 Å². The number of sulfonamides is 1. The SMILES string of the molecule is C[C@H](N)[C@@H]1CCCN(S(=O)(=O)c2ccccc2Cl)C1. The Morgan fingerprint density at radius 2 is 2.11 bits per heavy atom. The van der Waals surface area contributed by atoms with Gasteiger partial charge in [0.15, 0.2) is 0 Å². The van der Waals surface area contributed by atoms with Crippen molar-refractivity contribution in [2.75, 3.05) is 13.1 Å². The van der Waals surface area contributed by atoms with Crippen LogP contribution in [0, 0.1) is 5.92 Å². The van der Waals surface area contributed by atoms with E-state index in [0.717, 1.165) is 12.8 Å². The highest BCUT2D eigenvalue weighted by Gasteiger charge is 2.32. The lowest BCUT2D eigenvalue weighted by molar-refractivity contribution is 0.243. The van der Waals surface area contributed by atoms with Crippen molar-refractivity contribution in [1.29, 1.82) is 0 Å². The molecule has 0 amide bonds. The third-order valence-electron chi connectivity index (χ3n) is 3.62. The topological polar surface area (TPSA) is 63.4 Å². The van der Waals surface area contributed by atoms with Gasteiger partial charge in [0.1, 0.15) is 4.90 Å². The lowest BCUT2D eigenvalue weighted by Crippen LogP contribution is -2.45. The molecule has 1 heterocycles. The molecule has 1 fully saturated rings.